The molecule has 4 aliphatic carbocycles. The van der Waals surface area contributed by atoms with Gasteiger partial charge in [0.25, 0.3) is 0 Å². The molecule has 9 atom stereocenters. The Hall–Kier alpha value is -0.560. The second-order valence-corrected chi connectivity index (χ2v) is 13.2. The molecule has 3 saturated carbocycles. The highest BCUT2D eigenvalue weighted by Gasteiger charge is 2.61. The number of hydrogen-bond acceptors (Lipinski definition) is 1. The van der Waals surface area contributed by atoms with Gasteiger partial charge >= 0.3 is 0 Å². The third kappa shape index (κ3) is 3.37. The van der Waals surface area contributed by atoms with Gasteiger partial charge in [0.05, 0.1) is 0 Å². The Bertz CT molecular complexity index is 697. The predicted octanol–water partition coefficient (Wildman–Crippen LogP) is 7.77. The first kappa shape index (κ1) is 22.6. The molecule has 4 aliphatic rings. The summed E-state index contributed by atoms with van der Waals surface area (Å²) in [7, 11) is 0. The summed E-state index contributed by atoms with van der Waals surface area (Å²) in [5, 5.41) is 0. The smallest absolute Gasteiger partial charge is 0.00963 e. The predicted molar refractivity (Wildman–Crippen MR) is 130 cm³/mol. The van der Waals surface area contributed by atoms with Crippen LogP contribution in [0.25, 0.3) is 0 Å². The molecular weight excluding hydrogens is 362 g/mol. The fourth-order valence-electron chi connectivity index (χ4n) is 9.24. The number of rotatable bonds is 4. The number of hydrogen-bond donors (Lipinski definition) is 1. The van der Waals surface area contributed by atoms with Gasteiger partial charge in [-0.3, -0.25) is 0 Å². The van der Waals surface area contributed by atoms with Crippen LogP contribution in [0.3, 0.4) is 0 Å². The largest absolute Gasteiger partial charge is 0.327 e. The average molecular weight is 412 g/mol. The van der Waals surface area contributed by atoms with Gasteiger partial charge in [-0.05, 0) is 117 Å². The standard InChI is InChI=1S/C29H49N/c1-19(2)9-8-10-20(3)22-12-13-23-21-11-14-25-27(4,5)26(30)16-18-29(25,7)24(21)15-17-28(22,23)6/h9,11,14,20-26H,8,10,12-13,15-18,30H2,1-7H3. The maximum absolute atomic E-state index is 6.63. The zero-order valence-electron chi connectivity index (χ0n) is 21.0. The van der Waals surface area contributed by atoms with E-state index in [0.717, 1.165) is 29.6 Å². The minimum Gasteiger partial charge on any atom is -0.327 e. The molecule has 0 bridgehead atoms. The normalized spacial score (nSPS) is 47.7. The van der Waals surface area contributed by atoms with Crippen molar-refractivity contribution in [1.29, 1.82) is 0 Å². The molecule has 9 unspecified atom stereocenters. The van der Waals surface area contributed by atoms with Crippen LogP contribution in [0.15, 0.2) is 23.8 Å². The lowest BCUT2D eigenvalue weighted by molar-refractivity contribution is -0.0996. The lowest BCUT2D eigenvalue weighted by atomic mass is 9.42. The summed E-state index contributed by atoms with van der Waals surface area (Å²) in [4.78, 5) is 0. The van der Waals surface area contributed by atoms with Crippen molar-refractivity contribution < 1.29 is 0 Å². The molecule has 0 aromatic carbocycles. The van der Waals surface area contributed by atoms with Crippen molar-refractivity contribution in [3.8, 4) is 0 Å². The van der Waals surface area contributed by atoms with Crippen molar-refractivity contribution in [2.75, 3.05) is 0 Å². The van der Waals surface area contributed by atoms with Gasteiger partial charge in [-0.25, -0.2) is 0 Å². The van der Waals surface area contributed by atoms with E-state index in [1.54, 1.807) is 0 Å². The Labute approximate surface area is 187 Å². The monoisotopic (exact) mass is 411 g/mol. The Morgan fingerprint density at radius 3 is 2.33 bits per heavy atom. The van der Waals surface area contributed by atoms with Gasteiger partial charge < -0.3 is 5.73 Å². The van der Waals surface area contributed by atoms with Gasteiger partial charge in [-0.15, -0.1) is 0 Å². The number of allylic oxidation sites excluding steroid dienone is 4. The van der Waals surface area contributed by atoms with Crippen molar-refractivity contribution in [3.05, 3.63) is 23.8 Å². The van der Waals surface area contributed by atoms with Gasteiger partial charge in [-0.1, -0.05) is 58.4 Å². The lowest BCUT2D eigenvalue weighted by Gasteiger charge is -2.63. The van der Waals surface area contributed by atoms with E-state index in [1.165, 1.54) is 56.9 Å². The molecule has 1 nitrogen and oxygen atoms in total. The summed E-state index contributed by atoms with van der Waals surface area (Å²) < 4.78 is 0. The molecule has 170 valence electrons. The van der Waals surface area contributed by atoms with Crippen molar-refractivity contribution in [2.24, 2.45) is 57.5 Å². The van der Waals surface area contributed by atoms with E-state index in [9.17, 15) is 0 Å². The van der Waals surface area contributed by atoms with Gasteiger partial charge in [0, 0.05) is 6.04 Å². The van der Waals surface area contributed by atoms with Crippen LogP contribution in [0.4, 0.5) is 0 Å². The lowest BCUT2D eigenvalue weighted by Crippen LogP contribution is -2.59. The van der Waals surface area contributed by atoms with Gasteiger partial charge in [0.1, 0.15) is 0 Å². The molecule has 0 aromatic rings. The highest BCUT2D eigenvalue weighted by atomic mass is 14.7. The fourth-order valence-corrected chi connectivity index (χ4v) is 9.24. The summed E-state index contributed by atoms with van der Waals surface area (Å²) in [5.74, 6) is 5.01. The summed E-state index contributed by atoms with van der Waals surface area (Å²) >= 11 is 0. The molecule has 1 heteroatoms. The Kier molecular flexibility index (Phi) is 5.87. The van der Waals surface area contributed by atoms with Crippen LogP contribution in [-0.4, -0.2) is 6.04 Å². The Morgan fingerprint density at radius 2 is 1.63 bits per heavy atom. The van der Waals surface area contributed by atoms with E-state index in [2.05, 4.69) is 66.7 Å². The number of fused-ring (bicyclic) bond motifs is 5. The van der Waals surface area contributed by atoms with Crippen LogP contribution in [0.1, 0.15) is 99.8 Å². The summed E-state index contributed by atoms with van der Waals surface area (Å²) in [6, 6.07) is 0.350. The molecule has 0 amide bonds. The molecule has 4 rings (SSSR count). The Balaban J connectivity index is 1.56. The van der Waals surface area contributed by atoms with E-state index >= 15 is 0 Å². The summed E-state index contributed by atoms with van der Waals surface area (Å²) in [6.45, 7) is 17.2. The first-order chi connectivity index (χ1) is 14.0. The molecule has 2 N–H and O–H groups in total. The van der Waals surface area contributed by atoms with Crippen molar-refractivity contribution in [3.63, 3.8) is 0 Å². The topological polar surface area (TPSA) is 26.0 Å². The van der Waals surface area contributed by atoms with E-state index in [0.29, 0.717) is 22.8 Å². The zero-order valence-corrected chi connectivity index (χ0v) is 21.0. The fraction of sp³-hybridized carbons (Fsp3) is 0.862. The molecule has 0 saturated heterocycles. The van der Waals surface area contributed by atoms with E-state index in [-0.39, 0.29) is 5.41 Å². The molecule has 3 fully saturated rings. The molecule has 0 aliphatic heterocycles. The van der Waals surface area contributed by atoms with E-state index in [4.69, 9.17) is 5.73 Å². The highest BCUT2D eigenvalue weighted by Crippen LogP contribution is 2.68. The summed E-state index contributed by atoms with van der Waals surface area (Å²) in [5.41, 5.74) is 9.34. The van der Waals surface area contributed by atoms with Crippen LogP contribution in [0.2, 0.25) is 0 Å². The van der Waals surface area contributed by atoms with Crippen LogP contribution in [0.5, 0.6) is 0 Å². The first-order valence-corrected chi connectivity index (χ1v) is 13.1. The molecule has 0 radical (unpaired) electrons. The average Bonchev–Trinajstić information content (AvgIpc) is 3.02. The van der Waals surface area contributed by atoms with E-state index < -0.39 is 0 Å². The zero-order chi connectivity index (χ0) is 21.9. The molecular formula is C29H49N. The van der Waals surface area contributed by atoms with Crippen LogP contribution in [-0.2, 0) is 0 Å². The SMILES string of the molecule is CC(C)=CCCC(C)C1CCC2C3C=CC4C(C)(C)C(N)CCC4(C)C3CCC12C. The van der Waals surface area contributed by atoms with Gasteiger partial charge in [0.15, 0.2) is 0 Å². The maximum atomic E-state index is 6.63. The minimum absolute atomic E-state index is 0.229. The van der Waals surface area contributed by atoms with Crippen LogP contribution < -0.4 is 5.73 Å². The third-order valence-corrected chi connectivity index (χ3v) is 11.1. The molecule has 0 heterocycles. The number of nitrogens with two attached hydrogens (primary N) is 1. The van der Waals surface area contributed by atoms with Crippen LogP contribution in [0, 0.1) is 51.8 Å². The Morgan fingerprint density at radius 1 is 0.967 bits per heavy atom. The van der Waals surface area contributed by atoms with Gasteiger partial charge in [-0.2, -0.15) is 0 Å². The third-order valence-electron chi connectivity index (χ3n) is 11.1. The van der Waals surface area contributed by atoms with Gasteiger partial charge in [0.2, 0.25) is 0 Å². The first-order valence-electron chi connectivity index (χ1n) is 13.1. The van der Waals surface area contributed by atoms with E-state index in [1.807, 2.05) is 0 Å². The van der Waals surface area contributed by atoms with Crippen LogP contribution >= 0.6 is 0 Å². The second-order valence-electron chi connectivity index (χ2n) is 13.2. The molecule has 30 heavy (non-hydrogen) atoms. The quantitative estimate of drug-likeness (QED) is 0.470. The molecule has 0 aromatic heterocycles. The van der Waals surface area contributed by atoms with Crippen molar-refractivity contribution in [1.82, 2.24) is 0 Å². The maximum Gasteiger partial charge on any atom is 0.00963 e. The highest BCUT2D eigenvalue weighted by molar-refractivity contribution is 5.21. The van der Waals surface area contributed by atoms with Crippen molar-refractivity contribution in [2.45, 2.75) is 106 Å². The summed E-state index contributed by atoms with van der Waals surface area (Å²) in [6.07, 6.45) is 18.8. The second kappa shape index (κ2) is 7.79. The van der Waals surface area contributed by atoms with Crippen molar-refractivity contribution >= 4 is 0 Å². The minimum atomic E-state index is 0.229. The molecule has 0 spiro atoms.